The average Bonchev–Trinajstić information content (AvgIpc) is 2.65. The van der Waals surface area contributed by atoms with Crippen molar-refractivity contribution in [2.45, 2.75) is 0 Å². The van der Waals surface area contributed by atoms with E-state index in [1.165, 1.54) is 21.5 Å². The second kappa shape index (κ2) is 6.81. The molecular formula is C19H10Cl2N2O3S. The number of nitrogens with zero attached hydrogens (tertiary/aromatic N) is 2. The van der Waals surface area contributed by atoms with Gasteiger partial charge in [-0.1, -0.05) is 23.2 Å². The lowest BCUT2D eigenvalue weighted by molar-refractivity contribution is 0.571. The molecule has 2 aromatic heterocycles. The van der Waals surface area contributed by atoms with Crippen molar-refractivity contribution in [2.75, 3.05) is 0 Å². The molecule has 0 aliphatic carbocycles. The fourth-order valence-electron chi connectivity index (χ4n) is 2.79. The first-order valence-corrected chi connectivity index (χ1v) is 8.95. The monoisotopic (exact) mass is 416 g/mol. The topological polar surface area (TPSA) is 57.1 Å². The molecule has 8 heteroatoms. The summed E-state index contributed by atoms with van der Waals surface area (Å²) in [4.78, 5) is 25.5. The van der Waals surface area contributed by atoms with Gasteiger partial charge in [0.1, 0.15) is 5.39 Å². The van der Waals surface area contributed by atoms with Crippen LogP contribution in [0.15, 0.2) is 74.9 Å². The van der Waals surface area contributed by atoms with E-state index in [0.717, 1.165) is 0 Å². The van der Waals surface area contributed by atoms with Crippen LogP contribution >= 0.6 is 35.4 Å². The van der Waals surface area contributed by atoms with Gasteiger partial charge in [0, 0.05) is 16.1 Å². The third kappa shape index (κ3) is 3.02. The highest BCUT2D eigenvalue weighted by atomic mass is 35.5. The van der Waals surface area contributed by atoms with Gasteiger partial charge in [0.05, 0.1) is 17.6 Å². The summed E-state index contributed by atoms with van der Waals surface area (Å²) in [6.45, 7) is 0. The van der Waals surface area contributed by atoms with E-state index in [4.69, 9.17) is 39.8 Å². The Labute approximate surface area is 167 Å². The number of fused-ring (bicyclic) bond motifs is 1. The van der Waals surface area contributed by atoms with Crippen molar-refractivity contribution < 1.29 is 4.42 Å². The zero-order chi connectivity index (χ0) is 19.1. The second-order valence-electron chi connectivity index (χ2n) is 5.68. The highest BCUT2D eigenvalue weighted by Crippen LogP contribution is 2.20. The van der Waals surface area contributed by atoms with E-state index in [1.807, 2.05) is 0 Å². The molecule has 0 saturated heterocycles. The maximum absolute atomic E-state index is 13.1. The van der Waals surface area contributed by atoms with E-state index in [2.05, 4.69) is 0 Å². The molecule has 5 nitrogen and oxygen atoms in total. The van der Waals surface area contributed by atoms with E-state index in [1.54, 1.807) is 48.5 Å². The van der Waals surface area contributed by atoms with Gasteiger partial charge in [0.2, 0.25) is 5.71 Å². The Balaban J connectivity index is 2.20. The van der Waals surface area contributed by atoms with Gasteiger partial charge >= 0.3 is 0 Å². The zero-order valence-electron chi connectivity index (χ0n) is 13.6. The fourth-order valence-corrected chi connectivity index (χ4v) is 3.42. The number of rotatable bonds is 2. The summed E-state index contributed by atoms with van der Waals surface area (Å²) >= 11 is 17.5. The normalized spacial score (nSPS) is 11.0. The van der Waals surface area contributed by atoms with Crippen molar-refractivity contribution >= 4 is 46.5 Å². The van der Waals surface area contributed by atoms with E-state index in [-0.39, 0.29) is 15.9 Å². The molecule has 134 valence electrons. The molecule has 0 amide bonds. The van der Waals surface area contributed by atoms with Gasteiger partial charge < -0.3 is 4.42 Å². The van der Waals surface area contributed by atoms with E-state index < -0.39 is 11.0 Å². The molecule has 0 aliphatic heterocycles. The molecular weight excluding hydrogens is 407 g/mol. The van der Waals surface area contributed by atoms with E-state index in [9.17, 15) is 9.59 Å². The summed E-state index contributed by atoms with van der Waals surface area (Å²) in [5, 5.41) is 0.960. The summed E-state index contributed by atoms with van der Waals surface area (Å²) in [6.07, 6.45) is 1.23. The SMILES string of the molecule is O=c1ccoc2c1c(=O)n(-c1ccc(Cl)cc1)c(=S)n2-c1ccc(Cl)cc1. The van der Waals surface area contributed by atoms with Gasteiger partial charge in [0.25, 0.3) is 5.56 Å². The van der Waals surface area contributed by atoms with Gasteiger partial charge in [-0.05, 0) is 60.7 Å². The van der Waals surface area contributed by atoms with Crippen LogP contribution in [0.3, 0.4) is 0 Å². The van der Waals surface area contributed by atoms with Crippen LogP contribution in [0, 0.1) is 4.77 Å². The number of hydrogen-bond donors (Lipinski definition) is 0. The van der Waals surface area contributed by atoms with Crippen LogP contribution < -0.4 is 11.0 Å². The van der Waals surface area contributed by atoms with Crippen molar-refractivity contribution in [1.82, 2.24) is 9.13 Å². The van der Waals surface area contributed by atoms with Gasteiger partial charge in [-0.15, -0.1) is 0 Å². The van der Waals surface area contributed by atoms with Crippen molar-refractivity contribution in [3.63, 3.8) is 0 Å². The van der Waals surface area contributed by atoms with Crippen molar-refractivity contribution in [3.8, 4) is 11.4 Å². The van der Waals surface area contributed by atoms with E-state index >= 15 is 0 Å². The minimum atomic E-state index is -0.558. The molecule has 0 spiro atoms. The fraction of sp³-hybridized carbons (Fsp3) is 0. The Hall–Kier alpha value is -2.67. The lowest BCUT2D eigenvalue weighted by Gasteiger charge is -2.14. The van der Waals surface area contributed by atoms with Crippen molar-refractivity contribution in [3.05, 3.63) is 96.3 Å². The highest BCUT2D eigenvalue weighted by molar-refractivity contribution is 7.71. The number of benzene rings is 2. The van der Waals surface area contributed by atoms with Gasteiger partial charge in [0.15, 0.2) is 10.2 Å². The number of halogens is 2. The molecule has 2 aromatic carbocycles. The minimum absolute atomic E-state index is 0.0741. The van der Waals surface area contributed by atoms with Gasteiger partial charge in [-0.2, -0.15) is 0 Å². The minimum Gasteiger partial charge on any atom is -0.447 e. The molecule has 0 aliphatic rings. The first kappa shape index (κ1) is 17.7. The first-order valence-electron chi connectivity index (χ1n) is 7.79. The first-order chi connectivity index (χ1) is 13.0. The van der Waals surface area contributed by atoms with Crippen LogP contribution in [0.2, 0.25) is 10.0 Å². The predicted molar refractivity (Wildman–Crippen MR) is 108 cm³/mol. The van der Waals surface area contributed by atoms with Gasteiger partial charge in [-0.25, -0.2) is 0 Å². The molecule has 4 aromatic rings. The predicted octanol–water partition coefficient (Wildman–Crippen LogP) is 4.77. The summed E-state index contributed by atoms with van der Waals surface area (Å²) in [7, 11) is 0. The third-order valence-electron chi connectivity index (χ3n) is 4.03. The van der Waals surface area contributed by atoms with Crippen molar-refractivity contribution in [2.24, 2.45) is 0 Å². The molecule has 0 N–H and O–H groups in total. The van der Waals surface area contributed by atoms with E-state index in [0.29, 0.717) is 21.4 Å². The maximum atomic E-state index is 13.1. The molecule has 0 saturated carbocycles. The van der Waals surface area contributed by atoms with Crippen LogP contribution in [0.5, 0.6) is 0 Å². The molecule has 2 heterocycles. The maximum Gasteiger partial charge on any atom is 0.274 e. The molecule has 27 heavy (non-hydrogen) atoms. The Bertz CT molecular complexity index is 1340. The molecule has 0 bridgehead atoms. The molecule has 0 unspecified atom stereocenters. The van der Waals surface area contributed by atoms with Crippen LogP contribution in [-0.4, -0.2) is 9.13 Å². The second-order valence-corrected chi connectivity index (χ2v) is 6.91. The third-order valence-corrected chi connectivity index (χ3v) is 4.90. The van der Waals surface area contributed by atoms with Crippen LogP contribution in [0.4, 0.5) is 0 Å². The van der Waals surface area contributed by atoms with Gasteiger partial charge in [-0.3, -0.25) is 18.7 Å². The largest absolute Gasteiger partial charge is 0.447 e. The lowest BCUT2D eigenvalue weighted by atomic mass is 10.2. The summed E-state index contributed by atoms with van der Waals surface area (Å²) in [5.41, 5.74) is 0.150. The highest BCUT2D eigenvalue weighted by Gasteiger charge is 2.17. The lowest BCUT2D eigenvalue weighted by Crippen LogP contribution is -2.27. The summed E-state index contributed by atoms with van der Waals surface area (Å²) < 4.78 is 8.46. The Morgan fingerprint density at radius 3 is 1.85 bits per heavy atom. The van der Waals surface area contributed by atoms with Crippen LogP contribution in [-0.2, 0) is 0 Å². The number of hydrogen-bond acceptors (Lipinski definition) is 4. The Kier molecular flexibility index (Phi) is 4.47. The van der Waals surface area contributed by atoms with Crippen LogP contribution in [0.1, 0.15) is 0 Å². The quantitative estimate of drug-likeness (QED) is 0.441. The molecule has 0 atom stereocenters. The van der Waals surface area contributed by atoms with Crippen LogP contribution in [0.25, 0.3) is 22.5 Å². The smallest absolute Gasteiger partial charge is 0.274 e. The summed E-state index contributed by atoms with van der Waals surface area (Å²) in [5.74, 6) is 0. The zero-order valence-corrected chi connectivity index (χ0v) is 15.9. The average molecular weight is 417 g/mol. The Morgan fingerprint density at radius 1 is 0.778 bits per heavy atom. The molecule has 0 fully saturated rings. The Morgan fingerprint density at radius 2 is 1.30 bits per heavy atom. The molecule has 4 rings (SSSR count). The molecule has 0 radical (unpaired) electrons. The number of aromatic nitrogens is 2. The summed E-state index contributed by atoms with van der Waals surface area (Å²) in [6, 6.07) is 14.6. The van der Waals surface area contributed by atoms with Crippen molar-refractivity contribution in [1.29, 1.82) is 0 Å². The standard InChI is InChI=1S/C19H10Cl2N2O3S/c20-11-1-5-13(6-2-11)22-17(25)16-15(24)9-10-26-18(16)23(19(22)27)14-7-3-12(21)4-8-14/h1-10H.